The Balaban J connectivity index is 2.11. The third-order valence-corrected chi connectivity index (χ3v) is 5.75. The van der Waals surface area contributed by atoms with Gasteiger partial charge in [0.25, 0.3) is 0 Å². The normalized spacial score (nSPS) is 17.2. The van der Waals surface area contributed by atoms with Gasteiger partial charge in [0.2, 0.25) is 15.9 Å². The van der Waals surface area contributed by atoms with Gasteiger partial charge in [-0.1, -0.05) is 12.1 Å². The first-order valence-corrected chi connectivity index (χ1v) is 9.23. The zero-order chi connectivity index (χ0) is 19.5. The van der Waals surface area contributed by atoms with Crippen molar-refractivity contribution in [2.24, 2.45) is 0 Å². The second-order valence-corrected chi connectivity index (χ2v) is 7.93. The fraction of sp³-hybridized carbons (Fsp3) is 0.467. The highest BCUT2D eigenvalue weighted by Crippen LogP contribution is 2.29. The van der Waals surface area contributed by atoms with E-state index in [9.17, 15) is 31.2 Å². The van der Waals surface area contributed by atoms with E-state index in [-0.39, 0.29) is 18.8 Å². The zero-order valence-electron chi connectivity index (χ0n) is 13.6. The van der Waals surface area contributed by atoms with Crippen LogP contribution in [0, 0.1) is 0 Å². The molecule has 1 aliphatic rings. The Morgan fingerprint density at radius 1 is 1.19 bits per heavy atom. The number of rotatable bonds is 6. The summed E-state index contributed by atoms with van der Waals surface area (Å²) in [5, 5.41) is 8.95. The summed E-state index contributed by atoms with van der Waals surface area (Å²) >= 11 is 0. The summed E-state index contributed by atoms with van der Waals surface area (Å²) in [6.07, 6.45) is -4.12. The standard InChI is InChI=1S/C15H17F3N2O5S/c16-15(17,18)12-4-2-11(3-5-12)8-19(10-14(22)23)13(21)9-20-6-1-7-26(20,24)25/h2-5H,1,6-10H2,(H,22,23). The lowest BCUT2D eigenvalue weighted by Gasteiger charge is -2.23. The molecule has 0 saturated carbocycles. The molecule has 7 nitrogen and oxygen atoms in total. The van der Waals surface area contributed by atoms with Crippen LogP contribution in [0.5, 0.6) is 0 Å². The molecule has 0 aliphatic carbocycles. The summed E-state index contributed by atoms with van der Waals surface area (Å²) in [7, 11) is -3.53. The summed E-state index contributed by atoms with van der Waals surface area (Å²) in [4.78, 5) is 24.2. The van der Waals surface area contributed by atoms with Gasteiger partial charge in [-0.2, -0.15) is 17.5 Å². The van der Waals surface area contributed by atoms with Crippen LogP contribution in [0.25, 0.3) is 0 Å². The number of hydrogen-bond acceptors (Lipinski definition) is 4. The van der Waals surface area contributed by atoms with Crippen molar-refractivity contribution in [3.05, 3.63) is 35.4 Å². The van der Waals surface area contributed by atoms with E-state index in [1.54, 1.807) is 0 Å². The highest BCUT2D eigenvalue weighted by atomic mass is 32.2. The van der Waals surface area contributed by atoms with E-state index in [2.05, 4.69) is 0 Å². The van der Waals surface area contributed by atoms with Gasteiger partial charge in [-0.3, -0.25) is 9.59 Å². The molecule has 1 heterocycles. The number of carboxylic acids is 1. The van der Waals surface area contributed by atoms with Gasteiger partial charge in [0.15, 0.2) is 0 Å². The Morgan fingerprint density at radius 2 is 1.81 bits per heavy atom. The summed E-state index contributed by atoms with van der Waals surface area (Å²) in [5.41, 5.74) is -0.558. The van der Waals surface area contributed by atoms with Crippen LogP contribution in [0.2, 0.25) is 0 Å². The smallest absolute Gasteiger partial charge is 0.416 e. The lowest BCUT2D eigenvalue weighted by Crippen LogP contribution is -2.42. The molecule has 0 atom stereocenters. The van der Waals surface area contributed by atoms with E-state index in [4.69, 9.17) is 5.11 Å². The number of halogens is 3. The van der Waals surface area contributed by atoms with Crippen LogP contribution in [0.4, 0.5) is 13.2 Å². The molecule has 26 heavy (non-hydrogen) atoms. The van der Waals surface area contributed by atoms with Crippen LogP contribution in [-0.4, -0.2) is 60.0 Å². The number of aliphatic carboxylic acids is 1. The Hall–Kier alpha value is -2.14. The number of carbonyl (C=O) groups is 2. The van der Waals surface area contributed by atoms with E-state index in [1.165, 1.54) is 0 Å². The first-order chi connectivity index (χ1) is 12.0. The van der Waals surface area contributed by atoms with E-state index in [1.807, 2.05) is 0 Å². The van der Waals surface area contributed by atoms with Crippen LogP contribution in [-0.2, 0) is 32.3 Å². The summed E-state index contributed by atoms with van der Waals surface area (Å²) in [6, 6.07) is 3.97. The topological polar surface area (TPSA) is 95.0 Å². The molecule has 1 aromatic rings. The SMILES string of the molecule is O=C(O)CN(Cc1ccc(C(F)(F)F)cc1)C(=O)CN1CCCS1(=O)=O. The van der Waals surface area contributed by atoms with Crippen LogP contribution in [0.1, 0.15) is 17.5 Å². The molecular weight excluding hydrogens is 377 g/mol. The van der Waals surface area contributed by atoms with Crippen LogP contribution in [0.15, 0.2) is 24.3 Å². The van der Waals surface area contributed by atoms with E-state index >= 15 is 0 Å². The average Bonchev–Trinajstić information content (AvgIpc) is 2.84. The van der Waals surface area contributed by atoms with Crippen molar-refractivity contribution < 1.29 is 36.3 Å². The van der Waals surface area contributed by atoms with Crippen molar-refractivity contribution in [2.75, 3.05) is 25.4 Å². The quantitative estimate of drug-likeness (QED) is 0.781. The maximum atomic E-state index is 12.6. The molecule has 1 N–H and O–H groups in total. The minimum absolute atomic E-state index is 0.0713. The number of carboxylic acid groups (broad SMARTS) is 1. The van der Waals surface area contributed by atoms with Gasteiger partial charge in [-0.25, -0.2) is 8.42 Å². The van der Waals surface area contributed by atoms with Crippen molar-refractivity contribution >= 4 is 21.9 Å². The highest BCUT2D eigenvalue weighted by Gasteiger charge is 2.32. The molecule has 0 radical (unpaired) electrons. The van der Waals surface area contributed by atoms with Crippen molar-refractivity contribution in [1.82, 2.24) is 9.21 Å². The maximum absolute atomic E-state index is 12.6. The molecule has 0 bridgehead atoms. The first-order valence-electron chi connectivity index (χ1n) is 7.62. The number of hydrogen-bond donors (Lipinski definition) is 1. The predicted molar refractivity (Wildman–Crippen MR) is 84.5 cm³/mol. The highest BCUT2D eigenvalue weighted by molar-refractivity contribution is 7.89. The number of sulfonamides is 1. The van der Waals surface area contributed by atoms with Gasteiger partial charge in [-0.15, -0.1) is 0 Å². The van der Waals surface area contributed by atoms with E-state index in [0.717, 1.165) is 33.5 Å². The number of amides is 1. The molecule has 1 saturated heterocycles. The second-order valence-electron chi connectivity index (χ2n) is 5.84. The van der Waals surface area contributed by atoms with Gasteiger partial charge in [0.1, 0.15) is 6.54 Å². The predicted octanol–water partition coefficient (Wildman–Crippen LogP) is 1.15. The van der Waals surface area contributed by atoms with Crippen molar-refractivity contribution in [3.63, 3.8) is 0 Å². The lowest BCUT2D eigenvalue weighted by atomic mass is 10.1. The third-order valence-electron chi connectivity index (χ3n) is 3.85. The molecule has 0 aromatic heterocycles. The average molecular weight is 394 g/mol. The molecular formula is C15H17F3N2O5S. The van der Waals surface area contributed by atoms with Crippen LogP contribution < -0.4 is 0 Å². The number of benzene rings is 1. The number of alkyl halides is 3. The summed E-state index contributed by atoms with van der Waals surface area (Å²) in [5.74, 6) is -2.11. The summed E-state index contributed by atoms with van der Waals surface area (Å²) in [6.45, 7) is -1.24. The van der Waals surface area contributed by atoms with Crippen molar-refractivity contribution in [3.8, 4) is 0 Å². The molecule has 11 heteroatoms. The number of nitrogens with zero attached hydrogens (tertiary/aromatic N) is 2. The van der Waals surface area contributed by atoms with Crippen LogP contribution >= 0.6 is 0 Å². The van der Waals surface area contributed by atoms with Crippen molar-refractivity contribution in [2.45, 2.75) is 19.1 Å². The Morgan fingerprint density at radius 3 is 2.27 bits per heavy atom. The Bertz CT molecular complexity index is 777. The zero-order valence-corrected chi connectivity index (χ0v) is 14.4. The number of carbonyl (C=O) groups excluding carboxylic acids is 1. The fourth-order valence-corrected chi connectivity index (χ4v) is 4.00. The monoisotopic (exact) mass is 394 g/mol. The minimum atomic E-state index is -4.50. The minimum Gasteiger partial charge on any atom is -0.480 e. The second kappa shape index (κ2) is 7.62. The largest absolute Gasteiger partial charge is 0.480 e. The van der Waals surface area contributed by atoms with E-state index in [0.29, 0.717) is 12.0 Å². The van der Waals surface area contributed by atoms with Gasteiger partial charge in [0, 0.05) is 13.1 Å². The molecule has 1 aromatic carbocycles. The lowest BCUT2D eigenvalue weighted by molar-refractivity contribution is -0.144. The molecule has 2 rings (SSSR count). The van der Waals surface area contributed by atoms with E-state index < -0.39 is 46.7 Å². The molecule has 0 unspecified atom stereocenters. The molecule has 144 valence electrons. The van der Waals surface area contributed by atoms with Gasteiger partial charge >= 0.3 is 12.1 Å². The Labute approximate surface area is 148 Å². The van der Waals surface area contributed by atoms with Crippen molar-refractivity contribution in [1.29, 1.82) is 0 Å². The van der Waals surface area contributed by atoms with Gasteiger partial charge in [0.05, 0.1) is 17.9 Å². The van der Waals surface area contributed by atoms with Gasteiger partial charge < -0.3 is 10.0 Å². The fourth-order valence-electron chi connectivity index (χ4n) is 2.53. The van der Waals surface area contributed by atoms with Crippen LogP contribution in [0.3, 0.4) is 0 Å². The van der Waals surface area contributed by atoms with Gasteiger partial charge in [-0.05, 0) is 24.1 Å². The molecule has 1 aliphatic heterocycles. The molecule has 0 spiro atoms. The summed E-state index contributed by atoms with van der Waals surface area (Å²) < 4.78 is 62.2. The third kappa shape index (κ3) is 5.18. The Kier molecular flexibility index (Phi) is 5.91. The molecule has 1 fully saturated rings. The first kappa shape index (κ1) is 20.2. The molecule has 1 amide bonds. The maximum Gasteiger partial charge on any atom is 0.416 e.